The first-order valence-corrected chi connectivity index (χ1v) is 7.10. The number of halogens is 4. The summed E-state index contributed by atoms with van der Waals surface area (Å²) in [6.45, 7) is 0. The zero-order valence-corrected chi connectivity index (χ0v) is 12.8. The molecular formula is C14H10BrCl2FO. The maximum absolute atomic E-state index is 13.4. The van der Waals surface area contributed by atoms with E-state index in [9.17, 15) is 9.50 Å². The minimum absolute atomic E-state index is 0.248. The van der Waals surface area contributed by atoms with Crippen molar-refractivity contribution < 1.29 is 9.50 Å². The second-order valence-electron chi connectivity index (χ2n) is 4.10. The Hall–Kier alpha value is -0.610. The van der Waals surface area contributed by atoms with Crippen molar-refractivity contribution in [2.45, 2.75) is 12.5 Å². The summed E-state index contributed by atoms with van der Waals surface area (Å²) in [7, 11) is 0. The van der Waals surface area contributed by atoms with Crippen molar-refractivity contribution >= 4 is 39.1 Å². The molecular weight excluding hydrogens is 354 g/mol. The Morgan fingerprint density at radius 2 is 1.95 bits per heavy atom. The number of aliphatic hydroxyl groups excluding tert-OH is 1. The first-order chi connectivity index (χ1) is 8.99. The highest BCUT2D eigenvalue weighted by Crippen LogP contribution is 2.31. The molecule has 1 unspecified atom stereocenters. The highest BCUT2D eigenvalue weighted by atomic mass is 79.9. The summed E-state index contributed by atoms with van der Waals surface area (Å²) in [6.07, 6.45) is -0.595. The SMILES string of the molecule is OC(Cc1cccc(F)c1Br)c1cc(Cl)ccc1Cl. The molecule has 5 heteroatoms. The largest absolute Gasteiger partial charge is 0.388 e. The number of aliphatic hydroxyl groups is 1. The van der Waals surface area contributed by atoms with Gasteiger partial charge < -0.3 is 5.11 Å². The topological polar surface area (TPSA) is 20.2 Å². The maximum atomic E-state index is 13.4. The number of benzene rings is 2. The molecule has 0 aliphatic rings. The van der Waals surface area contributed by atoms with Gasteiger partial charge in [-0.05, 0) is 45.8 Å². The lowest BCUT2D eigenvalue weighted by atomic mass is 10.0. The van der Waals surface area contributed by atoms with Gasteiger partial charge in [0, 0.05) is 22.0 Å². The molecule has 2 rings (SSSR count). The van der Waals surface area contributed by atoms with Crippen LogP contribution in [0.15, 0.2) is 40.9 Å². The van der Waals surface area contributed by atoms with E-state index in [1.807, 2.05) is 0 Å². The van der Waals surface area contributed by atoms with Crippen LogP contribution in [0.25, 0.3) is 0 Å². The molecule has 19 heavy (non-hydrogen) atoms. The minimum atomic E-state index is -0.843. The van der Waals surface area contributed by atoms with E-state index < -0.39 is 6.10 Å². The summed E-state index contributed by atoms with van der Waals surface area (Å²) in [6, 6.07) is 9.59. The van der Waals surface area contributed by atoms with Crippen LogP contribution in [0, 0.1) is 5.82 Å². The lowest BCUT2D eigenvalue weighted by Gasteiger charge is -2.14. The molecule has 2 aromatic carbocycles. The van der Waals surface area contributed by atoms with Gasteiger partial charge in [-0.1, -0.05) is 35.3 Å². The number of rotatable bonds is 3. The van der Waals surface area contributed by atoms with E-state index in [4.69, 9.17) is 23.2 Å². The van der Waals surface area contributed by atoms with E-state index in [0.717, 1.165) is 0 Å². The normalized spacial score (nSPS) is 12.5. The summed E-state index contributed by atoms with van der Waals surface area (Å²) in [5.41, 5.74) is 1.20. The van der Waals surface area contributed by atoms with E-state index in [-0.39, 0.29) is 12.2 Å². The van der Waals surface area contributed by atoms with Gasteiger partial charge in [-0.25, -0.2) is 4.39 Å². The van der Waals surface area contributed by atoms with Crippen LogP contribution in [0.1, 0.15) is 17.2 Å². The van der Waals surface area contributed by atoms with Crippen molar-refractivity contribution in [1.29, 1.82) is 0 Å². The first kappa shape index (κ1) is 14.8. The molecule has 0 radical (unpaired) electrons. The Bertz CT molecular complexity index is 604. The predicted octanol–water partition coefficient (Wildman–Crippen LogP) is 5.17. The fourth-order valence-corrected chi connectivity index (χ4v) is 2.64. The molecule has 1 atom stereocenters. The van der Waals surface area contributed by atoms with Crippen molar-refractivity contribution in [2.75, 3.05) is 0 Å². The minimum Gasteiger partial charge on any atom is -0.388 e. The fraction of sp³-hybridized carbons (Fsp3) is 0.143. The maximum Gasteiger partial charge on any atom is 0.137 e. The lowest BCUT2D eigenvalue weighted by Crippen LogP contribution is -2.04. The molecule has 0 saturated carbocycles. The third kappa shape index (κ3) is 3.48. The molecule has 100 valence electrons. The van der Waals surface area contributed by atoms with E-state index in [2.05, 4.69) is 15.9 Å². The average Bonchev–Trinajstić information content (AvgIpc) is 2.38. The molecule has 0 heterocycles. The molecule has 0 aliphatic heterocycles. The molecule has 0 aromatic heterocycles. The Labute approximate surface area is 129 Å². The van der Waals surface area contributed by atoms with Gasteiger partial charge in [0.2, 0.25) is 0 Å². The fourth-order valence-electron chi connectivity index (χ4n) is 1.79. The lowest BCUT2D eigenvalue weighted by molar-refractivity contribution is 0.178. The van der Waals surface area contributed by atoms with Gasteiger partial charge >= 0.3 is 0 Å². The second kappa shape index (κ2) is 6.23. The van der Waals surface area contributed by atoms with Gasteiger partial charge in [-0.15, -0.1) is 0 Å². The van der Waals surface area contributed by atoms with Gasteiger partial charge in [0.25, 0.3) is 0 Å². The molecule has 0 amide bonds. The van der Waals surface area contributed by atoms with Crippen molar-refractivity contribution in [3.8, 4) is 0 Å². The van der Waals surface area contributed by atoms with Crippen LogP contribution in [-0.4, -0.2) is 5.11 Å². The quantitative estimate of drug-likeness (QED) is 0.797. The predicted molar refractivity (Wildman–Crippen MR) is 79.2 cm³/mol. The Kier molecular flexibility index (Phi) is 4.85. The highest BCUT2D eigenvalue weighted by molar-refractivity contribution is 9.10. The molecule has 0 saturated heterocycles. The third-order valence-electron chi connectivity index (χ3n) is 2.76. The third-order valence-corrected chi connectivity index (χ3v) is 4.23. The monoisotopic (exact) mass is 362 g/mol. The van der Waals surface area contributed by atoms with Crippen molar-refractivity contribution in [3.63, 3.8) is 0 Å². The van der Waals surface area contributed by atoms with Gasteiger partial charge in [0.05, 0.1) is 10.6 Å². The van der Waals surface area contributed by atoms with E-state index in [0.29, 0.717) is 25.6 Å². The molecule has 0 fully saturated rings. The first-order valence-electron chi connectivity index (χ1n) is 5.55. The van der Waals surface area contributed by atoms with E-state index >= 15 is 0 Å². The van der Waals surface area contributed by atoms with Crippen LogP contribution in [-0.2, 0) is 6.42 Å². The number of hydrogen-bond donors (Lipinski definition) is 1. The molecule has 2 aromatic rings. The summed E-state index contributed by atoms with van der Waals surface area (Å²) < 4.78 is 13.8. The summed E-state index contributed by atoms with van der Waals surface area (Å²) in [5, 5.41) is 11.1. The molecule has 0 aliphatic carbocycles. The van der Waals surface area contributed by atoms with E-state index in [1.165, 1.54) is 6.07 Å². The van der Waals surface area contributed by atoms with Crippen LogP contribution in [0.4, 0.5) is 4.39 Å². The van der Waals surface area contributed by atoms with Crippen molar-refractivity contribution in [1.82, 2.24) is 0 Å². The Morgan fingerprint density at radius 3 is 2.68 bits per heavy atom. The second-order valence-corrected chi connectivity index (χ2v) is 5.74. The Morgan fingerprint density at radius 1 is 1.21 bits per heavy atom. The van der Waals surface area contributed by atoms with Gasteiger partial charge in [0.15, 0.2) is 0 Å². The summed E-state index contributed by atoms with van der Waals surface area (Å²) in [4.78, 5) is 0. The Balaban J connectivity index is 2.28. The molecule has 0 bridgehead atoms. The summed E-state index contributed by atoms with van der Waals surface area (Å²) >= 11 is 15.1. The van der Waals surface area contributed by atoms with Gasteiger partial charge in [-0.3, -0.25) is 0 Å². The van der Waals surface area contributed by atoms with Crippen molar-refractivity contribution in [2.24, 2.45) is 0 Å². The van der Waals surface area contributed by atoms with Crippen molar-refractivity contribution in [3.05, 3.63) is 67.9 Å². The zero-order chi connectivity index (χ0) is 14.0. The average molecular weight is 364 g/mol. The standard InChI is InChI=1S/C14H10BrCl2FO/c15-14-8(2-1-3-12(14)18)6-13(19)10-7-9(16)4-5-11(10)17/h1-5,7,13,19H,6H2. The van der Waals surface area contributed by atoms with Crippen LogP contribution in [0.2, 0.25) is 10.0 Å². The number of hydrogen-bond acceptors (Lipinski definition) is 1. The molecule has 1 nitrogen and oxygen atoms in total. The van der Waals surface area contributed by atoms with E-state index in [1.54, 1.807) is 30.3 Å². The van der Waals surface area contributed by atoms with Crippen LogP contribution in [0.3, 0.4) is 0 Å². The molecule has 0 spiro atoms. The smallest absolute Gasteiger partial charge is 0.137 e. The summed E-state index contributed by atoms with van der Waals surface area (Å²) in [5.74, 6) is -0.359. The molecule has 1 N–H and O–H groups in total. The highest BCUT2D eigenvalue weighted by Gasteiger charge is 2.15. The zero-order valence-electron chi connectivity index (χ0n) is 9.71. The van der Waals surface area contributed by atoms with Crippen LogP contribution >= 0.6 is 39.1 Å². The van der Waals surface area contributed by atoms with Gasteiger partial charge in [0.1, 0.15) is 5.82 Å². The van der Waals surface area contributed by atoms with Crippen LogP contribution < -0.4 is 0 Å². The van der Waals surface area contributed by atoms with Crippen LogP contribution in [0.5, 0.6) is 0 Å². The van der Waals surface area contributed by atoms with Gasteiger partial charge in [-0.2, -0.15) is 0 Å².